The summed E-state index contributed by atoms with van der Waals surface area (Å²) >= 11 is 3.39. The summed E-state index contributed by atoms with van der Waals surface area (Å²) in [6.45, 7) is 7.58. The summed E-state index contributed by atoms with van der Waals surface area (Å²) < 4.78 is 5.78. The third kappa shape index (κ3) is 4.78. The highest BCUT2D eigenvalue weighted by Gasteiger charge is 2.19. The Balaban J connectivity index is 2.18. The number of nitrogens with one attached hydrogen (secondary N) is 1. The first-order valence-electron chi connectivity index (χ1n) is 7.85. The van der Waals surface area contributed by atoms with Crippen molar-refractivity contribution in [1.29, 1.82) is 0 Å². The van der Waals surface area contributed by atoms with Gasteiger partial charge in [0.05, 0.1) is 13.7 Å². The molecular weight excluding hydrogens is 374 g/mol. The van der Waals surface area contributed by atoms with Gasteiger partial charge in [0.15, 0.2) is 5.82 Å². The topological polar surface area (TPSA) is 72.3 Å². The number of hydrogen-bond acceptors (Lipinski definition) is 6. The molecule has 0 aliphatic rings. The molecule has 0 unspecified atom stereocenters. The number of carbonyl (C=O) groups is 1. The van der Waals surface area contributed by atoms with Gasteiger partial charge in [0.1, 0.15) is 0 Å². The summed E-state index contributed by atoms with van der Waals surface area (Å²) in [5, 5.41) is 11.8. The molecule has 1 heterocycles. The number of methoxy groups -OCH3 is 1. The van der Waals surface area contributed by atoms with Crippen molar-refractivity contribution >= 4 is 33.4 Å². The lowest BCUT2D eigenvalue weighted by molar-refractivity contribution is 0.0594. The summed E-state index contributed by atoms with van der Waals surface area (Å²) in [4.78, 5) is 15.7. The van der Waals surface area contributed by atoms with Gasteiger partial charge >= 0.3 is 5.97 Å². The van der Waals surface area contributed by atoms with E-state index < -0.39 is 5.97 Å². The highest BCUT2D eigenvalue weighted by atomic mass is 79.9. The number of likely N-dealkylation sites (N-methyl/N-ethyl adjacent to an activating group) is 1. The van der Waals surface area contributed by atoms with Crippen molar-refractivity contribution in [3.8, 4) is 0 Å². The highest BCUT2D eigenvalue weighted by Crippen LogP contribution is 2.20. The average Bonchev–Trinajstić information content (AvgIpc) is 3.00. The van der Waals surface area contributed by atoms with E-state index in [4.69, 9.17) is 4.74 Å². The molecule has 24 heavy (non-hydrogen) atoms. The molecule has 2 rings (SSSR count). The van der Waals surface area contributed by atoms with Crippen LogP contribution in [0.1, 0.15) is 24.3 Å². The van der Waals surface area contributed by atoms with Gasteiger partial charge in [-0.25, -0.2) is 4.79 Å². The number of rotatable bonds is 8. The van der Waals surface area contributed by atoms with Crippen molar-refractivity contribution in [2.75, 3.05) is 32.1 Å². The van der Waals surface area contributed by atoms with Gasteiger partial charge < -0.3 is 15.0 Å². The molecule has 1 N–H and O–H groups in total. The zero-order valence-corrected chi connectivity index (χ0v) is 15.7. The van der Waals surface area contributed by atoms with Gasteiger partial charge in [-0.05, 0) is 37.4 Å². The van der Waals surface area contributed by atoms with Gasteiger partial charge in [-0.2, -0.15) is 4.80 Å². The van der Waals surface area contributed by atoms with Gasteiger partial charge in [0, 0.05) is 16.7 Å². The van der Waals surface area contributed by atoms with Crippen LogP contribution in [0.5, 0.6) is 0 Å². The van der Waals surface area contributed by atoms with Crippen LogP contribution < -0.4 is 5.32 Å². The minimum Gasteiger partial charge on any atom is -0.464 e. The van der Waals surface area contributed by atoms with Crippen molar-refractivity contribution in [3.05, 3.63) is 34.4 Å². The van der Waals surface area contributed by atoms with Gasteiger partial charge in [0.2, 0.25) is 5.69 Å². The maximum absolute atomic E-state index is 11.9. The lowest BCUT2D eigenvalue weighted by Gasteiger charge is -2.16. The van der Waals surface area contributed by atoms with Crippen molar-refractivity contribution in [2.24, 2.45) is 0 Å². The van der Waals surface area contributed by atoms with Crippen LogP contribution in [0.25, 0.3) is 0 Å². The molecule has 0 aliphatic carbocycles. The summed E-state index contributed by atoms with van der Waals surface area (Å²) in [5.74, 6) is -0.118. The molecule has 0 aliphatic heterocycles. The standard InChI is InChI=1S/C16H22BrN5O2/c1-4-21(5-2)10-11-22-19-14(16(23)24-3)15(20-22)18-13-8-6-12(17)7-9-13/h6-9H,4-5,10-11H2,1-3H3,(H,18,20). The van der Waals surface area contributed by atoms with Gasteiger partial charge in [0.25, 0.3) is 0 Å². The van der Waals surface area contributed by atoms with Crippen LogP contribution in [-0.2, 0) is 11.3 Å². The second-order valence-corrected chi connectivity index (χ2v) is 6.06. The molecule has 1 aromatic heterocycles. The van der Waals surface area contributed by atoms with E-state index in [1.54, 1.807) is 0 Å². The second kappa shape index (κ2) is 8.79. The molecule has 8 heteroatoms. The first kappa shape index (κ1) is 18.4. The zero-order valence-electron chi connectivity index (χ0n) is 14.1. The van der Waals surface area contributed by atoms with Crippen molar-refractivity contribution in [1.82, 2.24) is 19.9 Å². The molecule has 2 aromatic rings. The predicted molar refractivity (Wildman–Crippen MR) is 96.6 cm³/mol. The summed E-state index contributed by atoms with van der Waals surface area (Å²) in [5.41, 5.74) is 0.999. The number of ether oxygens (including phenoxy) is 1. The number of aromatic nitrogens is 3. The van der Waals surface area contributed by atoms with Gasteiger partial charge in [-0.3, -0.25) is 0 Å². The number of benzene rings is 1. The maximum atomic E-state index is 11.9. The Morgan fingerprint density at radius 3 is 2.50 bits per heavy atom. The van der Waals surface area contributed by atoms with Crippen molar-refractivity contribution in [3.63, 3.8) is 0 Å². The number of anilines is 2. The summed E-state index contributed by atoms with van der Waals surface area (Å²) in [6.07, 6.45) is 0. The van der Waals surface area contributed by atoms with Crippen LogP contribution in [0, 0.1) is 0 Å². The normalized spacial score (nSPS) is 10.9. The largest absolute Gasteiger partial charge is 0.464 e. The molecule has 0 saturated carbocycles. The van der Waals surface area contributed by atoms with Crippen LogP contribution in [0.15, 0.2) is 28.7 Å². The molecule has 0 fully saturated rings. The Morgan fingerprint density at radius 2 is 1.92 bits per heavy atom. The van der Waals surface area contributed by atoms with Crippen LogP contribution in [0.3, 0.4) is 0 Å². The Labute approximate surface area is 150 Å². The number of nitrogens with zero attached hydrogens (tertiary/aromatic N) is 4. The van der Waals surface area contributed by atoms with E-state index in [0.29, 0.717) is 12.4 Å². The van der Waals surface area contributed by atoms with Crippen LogP contribution in [0.4, 0.5) is 11.5 Å². The molecule has 0 spiro atoms. The zero-order chi connectivity index (χ0) is 17.5. The molecule has 0 radical (unpaired) electrons. The monoisotopic (exact) mass is 395 g/mol. The molecule has 1 aromatic carbocycles. The highest BCUT2D eigenvalue weighted by molar-refractivity contribution is 9.10. The Hall–Kier alpha value is -1.93. The van der Waals surface area contributed by atoms with E-state index in [-0.39, 0.29) is 5.69 Å². The molecule has 7 nitrogen and oxygen atoms in total. The van der Waals surface area contributed by atoms with Gasteiger partial charge in [-0.15, -0.1) is 10.2 Å². The van der Waals surface area contributed by atoms with E-state index in [1.165, 1.54) is 11.9 Å². The summed E-state index contributed by atoms with van der Waals surface area (Å²) in [7, 11) is 1.33. The van der Waals surface area contributed by atoms with E-state index in [0.717, 1.165) is 29.8 Å². The van der Waals surface area contributed by atoms with Gasteiger partial charge in [-0.1, -0.05) is 29.8 Å². The first-order valence-corrected chi connectivity index (χ1v) is 8.65. The minimum atomic E-state index is -0.510. The number of hydrogen-bond donors (Lipinski definition) is 1. The van der Waals surface area contributed by atoms with Crippen molar-refractivity contribution < 1.29 is 9.53 Å². The SMILES string of the molecule is CCN(CC)CCn1nc(Nc2ccc(Br)cc2)c(C(=O)OC)n1. The fourth-order valence-corrected chi connectivity index (χ4v) is 2.47. The van der Waals surface area contributed by atoms with E-state index in [9.17, 15) is 4.79 Å². The lowest BCUT2D eigenvalue weighted by atomic mass is 10.3. The van der Waals surface area contributed by atoms with Crippen LogP contribution in [-0.4, -0.2) is 52.6 Å². The molecular formula is C16H22BrN5O2. The number of halogens is 1. The Kier molecular flexibility index (Phi) is 6.74. The second-order valence-electron chi connectivity index (χ2n) is 5.14. The molecule has 0 amide bonds. The third-order valence-corrected chi connectivity index (χ3v) is 4.18. The predicted octanol–water partition coefficient (Wildman–Crippen LogP) is 2.91. The number of esters is 1. The molecule has 0 saturated heterocycles. The third-order valence-electron chi connectivity index (χ3n) is 3.65. The van der Waals surface area contributed by atoms with Crippen LogP contribution in [0.2, 0.25) is 0 Å². The van der Waals surface area contributed by atoms with Crippen molar-refractivity contribution in [2.45, 2.75) is 20.4 Å². The first-order chi connectivity index (χ1) is 11.6. The maximum Gasteiger partial charge on any atom is 0.362 e. The lowest BCUT2D eigenvalue weighted by Crippen LogP contribution is -2.27. The van der Waals surface area contributed by atoms with E-state index >= 15 is 0 Å². The minimum absolute atomic E-state index is 0.181. The van der Waals surface area contributed by atoms with Crippen LogP contribution >= 0.6 is 15.9 Å². The molecule has 130 valence electrons. The van der Waals surface area contributed by atoms with E-state index in [1.807, 2.05) is 24.3 Å². The van der Waals surface area contributed by atoms with E-state index in [2.05, 4.69) is 50.2 Å². The summed E-state index contributed by atoms with van der Waals surface area (Å²) in [6, 6.07) is 7.59. The molecule has 0 atom stereocenters. The average molecular weight is 396 g/mol. The fraction of sp³-hybridized carbons (Fsp3) is 0.438. The Bertz CT molecular complexity index is 668. The number of carbonyl (C=O) groups excluding carboxylic acids is 1. The Morgan fingerprint density at radius 1 is 1.25 bits per heavy atom. The fourth-order valence-electron chi connectivity index (χ4n) is 2.21. The quantitative estimate of drug-likeness (QED) is 0.692. The smallest absolute Gasteiger partial charge is 0.362 e. The molecule has 0 bridgehead atoms.